The highest BCUT2D eigenvalue weighted by Crippen LogP contribution is 2.42. The van der Waals surface area contributed by atoms with Crippen molar-refractivity contribution in [2.24, 2.45) is 5.92 Å². The zero-order valence-corrected chi connectivity index (χ0v) is 14.8. The first kappa shape index (κ1) is 19.8. The maximum absolute atomic E-state index is 11.7. The minimum absolute atomic E-state index is 0.0492. The number of carbonyl (C=O) groups excluding carboxylic acids is 1. The molecule has 0 aromatic heterocycles. The molecule has 1 saturated heterocycles. The van der Waals surface area contributed by atoms with Crippen molar-refractivity contribution in [3.8, 4) is 0 Å². The fraction of sp³-hybridized carbons (Fsp3) is 0.933. The van der Waals surface area contributed by atoms with Gasteiger partial charge in [0.2, 0.25) is 0 Å². The lowest BCUT2D eigenvalue weighted by Gasteiger charge is -2.22. The lowest BCUT2D eigenvalue weighted by atomic mass is 10.00. The Morgan fingerprint density at radius 3 is 2.82 bits per heavy atom. The SMILES string of the molecule is COP(C)(=O)OCC(=O)CC(C)CCCOC1CCCCO1. The first-order valence-electron chi connectivity index (χ1n) is 7.95. The second kappa shape index (κ2) is 10.5. The third kappa shape index (κ3) is 9.01. The third-order valence-corrected chi connectivity index (χ3v) is 4.91. The second-order valence-electron chi connectivity index (χ2n) is 5.88. The minimum atomic E-state index is -3.07. The smallest absolute Gasteiger partial charge is 0.327 e. The van der Waals surface area contributed by atoms with Gasteiger partial charge in [-0.25, -0.2) is 0 Å². The Morgan fingerprint density at radius 1 is 1.41 bits per heavy atom. The van der Waals surface area contributed by atoms with Crippen molar-refractivity contribution in [3.05, 3.63) is 0 Å². The van der Waals surface area contributed by atoms with Crippen LogP contribution in [0.3, 0.4) is 0 Å². The van der Waals surface area contributed by atoms with E-state index in [9.17, 15) is 9.36 Å². The monoisotopic (exact) mass is 336 g/mol. The molecule has 3 atom stereocenters. The maximum atomic E-state index is 11.7. The summed E-state index contributed by atoms with van der Waals surface area (Å²) >= 11 is 0. The van der Waals surface area contributed by atoms with E-state index in [1.807, 2.05) is 6.92 Å². The molecule has 7 heteroatoms. The molecule has 22 heavy (non-hydrogen) atoms. The first-order chi connectivity index (χ1) is 10.4. The van der Waals surface area contributed by atoms with Crippen molar-refractivity contribution in [1.29, 1.82) is 0 Å². The van der Waals surface area contributed by atoms with Crippen LogP contribution in [0.25, 0.3) is 0 Å². The molecule has 0 aromatic rings. The van der Waals surface area contributed by atoms with Gasteiger partial charge in [0, 0.05) is 33.4 Å². The Morgan fingerprint density at radius 2 is 2.18 bits per heavy atom. The van der Waals surface area contributed by atoms with E-state index in [0.717, 1.165) is 32.3 Å². The molecule has 0 N–H and O–H groups in total. The van der Waals surface area contributed by atoms with E-state index in [1.165, 1.54) is 20.2 Å². The van der Waals surface area contributed by atoms with E-state index >= 15 is 0 Å². The molecule has 1 heterocycles. The van der Waals surface area contributed by atoms with Gasteiger partial charge in [0.15, 0.2) is 12.1 Å². The topological polar surface area (TPSA) is 71.1 Å². The van der Waals surface area contributed by atoms with Crippen LogP contribution in [0.2, 0.25) is 0 Å². The molecular formula is C15H29O6P. The van der Waals surface area contributed by atoms with Crippen molar-refractivity contribution in [2.75, 3.05) is 33.6 Å². The predicted octanol–water partition coefficient (Wildman–Crippen LogP) is 3.39. The quantitative estimate of drug-likeness (QED) is 0.425. The summed E-state index contributed by atoms with van der Waals surface area (Å²) in [4.78, 5) is 11.7. The minimum Gasteiger partial charge on any atom is -0.353 e. The van der Waals surface area contributed by atoms with Crippen LogP contribution in [0.5, 0.6) is 0 Å². The highest BCUT2D eigenvalue weighted by Gasteiger charge is 2.18. The van der Waals surface area contributed by atoms with E-state index < -0.39 is 7.60 Å². The van der Waals surface area contributed by atoms with Gasteiger partial charge in [0.25, 0.3) is 0 Å². The van der Waals surface area contributed by atoms with Crippen molar-refractivity contribution in [2.45, 2.75) is 51.7 Å². The molecule has 3 unspecified atom stereocenters. The van der Waals surface area contributed by atoms with Crippen LogP contribution in [-0.2, 0) is 27.9 Å². The number of carbonyl (C=O) groups is 1. The van der Waals surface area contributed by atoms with E-state index in [0.29, 0.717) is 13.0 Å². The second-order valence-corrected chi connectivity index (χ2v) is 8.05. The Kier molecular flexibility index (Phi) is 9.45. The first-order valence-corrected chi connectivity index (χ1v) is 9.94. The van der Waals surface area contributed by atoms with Crippen LogP contribution in [0.15, 0.2) is 0 Å². The Labute approximate surface area is 133 Å². The van der Waals surface area contributed by atoms with Crippen LogP contribution in [0.4, 0.5) is 0 Å². The molecule has 130 valence electrons. The molecule has 0 saturated carbocycles. The molecule has 0 amide bonds. The third-order valence-electron chi connectivity index (χ3n) is 3.65. The lowest BCUT2D eigenvalue weighted by molar-refractivity contribution is -0.163. The molecule has 1 aliphatic rings. The Bertz CT molecular complexity index is 367. The Hall–Kier alpha value is -0.260. The number of Topliss-reactive ketones (excluding diaryl/α,β-unsaturated/α-hetero) is 1. The van der Waals surface area contributed by atoms with Gasteiger partial charge in [-0.3, -0.25) is 9.36 Å². The van der Waals surface area contributed by atoms with Crippen molar-refractivity contribution in [3.63, 3.8) is 0 Å². The fourth-order valence-corrected chi connectivity index (χ4v) is 2.76. The molecule has 0 radical (unpaired) electrons. The maximum Gasteiger partial charge on any atom is 0.327 e. The number of rotatable bonds is 11. The molecule has 1 fully saturated rings. The summed E-state index contributed by atoms with van der Waals surface area (Å²) in [6.07, 6.45) is 5.44. The highest BCUT2D eigenvalue weighted by molar-refractivity contribution is 7.52. The molecule has 0 aromatic carbocycles. The largest absolute Gasteiger partial charge is 0.353 e. The molecular weight excluding hydrogens is 307 g/mol. The average molecular weight is 336 g/mol. The molecule has 6 nitrogen and oxygen atoms in total. The van der Waals surface area contributed by atoms with Crippen LogP contribution in [0.1, 0.15) is 45.4 Å². The normalized spacial score (nSPS) is 23.0. The summed E-state index contributed by atoms with van der Waals surface area (Å²) < 4.78 is 32.3. The van der Waals surface area contributed by atoms with Gasteiger partial charge in [0.1, 0.15) is 6.61 Å². The van der Waals surface area contributed by atoms with Gasteiger partial charge >= 0.3 is 7.60 Å². The van der Waals surface area contributed by atoms with E-state index in [4.69, 9.17) is 14.0 Å². The number of hydrogen-bond donors (Lipinski definition) is 0. The molecule has 0 bridgehead atoms. The Balaban J connectivity index is 2.05. The molecule has 0 aliphatic carbocycles. The molecule has 0 spiro atoms. The standard InChI is InChI=1S/C15H29O6P/c1-13(11-14(16)12-21-22(3,17)18-2)7-6-10-20-15-8-4-5-9-19-15/h13,15H,4-12H2,1-3H3. The summed E-state index contributed by atoms with van der Waals surface area (Å²) in [6.45, 7) is 4.68. The van der Waals surface area contributed by atoms with Crippen LogP contribution in [0, 0.1) is 5.92 Å². The van der Waals surface area contributed by atoms with Gasteiger partial charge in [-0.1, -0.05) is 6.92 Å². The van der Waals surface area contributed by atoms with E-state index in [2.05, 4.69) is 4.52 Å². The van der Waals surface area contributed by atoms with Gasteiger partial charge in [-0.15, -0.1) is 0 Å². The summed E-state index contributed by atoms with van der Waals surface area (Å²) in [7, 11) is -1.76. The van der Waals surface area contributed by atoms with Gasteiger partial charge in [0.05, 0.1) is 0 Å². The highest BCUT2D eigenvalue weighted by atomic mass is 31.2. The van der Waals surface area contributed by atoms with Crippen molar-refractivity contribution < 1.29 is 27.9 Å². The van der Waals surface area contributed by atoms with Crippen molar-refractivity contribution in [1.82, 2.24) is 0 Å². The van der Waals surface area contributed by atoms with Gasteiger partial charge in [-0.05, 0) is 38.0 Å². The van der Waals surface area contributed by atoms with Crippen LogP contribution in [-0.4, -0.2) is 45.7 Å². The zero-order valence-electron chi connectivity index (χ0n) is 13.9. The number of ketones is 1. The van der Waals surface area contributed by atoms with Crippen LogP contribution >= 0.6 is 7.60 Å². The zero-order chi connectivity index (χ0) is 16.4. The molecule has 1 aliphatic heterocycles. The van der Waals surface area contributed by atoms with Gasteiger partial charge < -0.3 is 18.5 Å². The predicted molar refractivity (Wildman–Crippen MR) is 84.1 cm³/mol. The summed E-state index contributed by atoms with van der Waals surface area (Å²) in [5.74, 6) is 0.203. The summed E-state index contributed by atoms with van der Waals surface area (Å²) in [5, 5.41) is 0. The fourth-order valence-electron chi connectivity index (χ4n) is 2.28. The summed E-state index contributed by atoms with van der Waals surface area (Å²) in [5.41, 5.74) is 0. The molecule has 1 rings (SSSR count). The number of ether oxygens (including phenoxy) is 2. The number of hydrogen-bond acceptors (Lipinski definition) is 6. The lowest BCUT2D eigenvalue weighted by Crippen LogP contribution is -2.22. The van der Waals surface area contributed by atoms with Gasteiger partial charge in [-0.2, -0.15) is 0 Å². The summed E-state index contributed by atoms with van der Waals surface area (Å²) in [6, 6.07) is 0. The van der Waals surface area contributed by atoms with E-state index in [1.54, 1.807) is 0 Å². The average Bonchev–Trinajstić information content (AvgIpc) is 2.51. The van der Waals surface area contributed by atoms with E-state index in [-0.39, 0.29) is 24.6 Å². The van der Waals surface area contributed by atoms with Crippen LogP contribution < -0.4 is 0 Å². The van der Waals surface area contributed by atoms with Crippen molar-refractivity contribution >= 4 is 13.4 Å².